The number of aliphatic hydroxyl groups is 1. The fourth-order valence-corrected chi connectivity index (χ4v) is 2.83. The maximum absolute atomic E-state index is 12.5. The summed E-state index contributed by atoms with van der Waals surface area (Å²) in [5, 5.41) is 9.67. The lowest BCUT2D eigenvalue weighted by Gasteiger charge is -2.35. The van der Waals surface area contributed by atoms with E-state index in [-0.39, 0.29) is 5.91 Å². The molecule has 0 unspecified atom stereocenters. The summed E-state index contributed by atoms with van der Waals surface area (Å²) in [6.07, 6.45) is -0.608. The van der Waals surface area contributed by atoms with E-state index < -0.39 is 6.10 Å². The fourth-order valence-electron chi connectivity index (χ4n) is 2.83. The van der Waals surface area contributed by atoms with Gasteiger partial charge in [-0.2, -0.15) is 0 Å². The van der Waals surface area contributed by atoms with Crippen molar-refractivity contribution in [2.75, 3.05) is 24.5 Å². The van der Waals surface area contributed by atoms with Crippen molar-refractivity contribution in [2.45, 2.75) is 26.5 Å². The van der Waals surface area contributed by atoms with Gasteiger partial charge in [-0.3, -0.25) is 4.79 Å². The molecule has 0 bridgehead atoms. The molecular formula is C19H23N3O2. The highest BCUT2D eigenvalue weighted by Crippen LogP contribution is 2.19. The number of aryl methyl sites for hydroxylation is 1. The largest absolute Gasteiger partial charge is 0.387 e. The van der Waals surface area contributed by atoms with Crippen LogP contribution in [0.15, 0.2) is 42.5 Å². The number of anilines is 1. The number of carbonyl (C=O) groups is 1. The molecule has 5 heteroatoms. The average Bonchev–Trinajstić information content (AvgIpc) is 2.58. The van der Waals surface area contributed by atoms with Gasteiger partial charge in [0.25, 0.3) is 0 Å². The van der Waals surface area contributed by atoms with Crippen LogP contribution < -0.4 is 4.90 Å². The monoisotopic (exact) mass is 325 g/mol. The van der Waals surface area contributed by atoms with Crippen LogP contribution in [0.2, 0.25) is 0 Å². The molecule has 1 aliphatic rings. The van der Waals surface area contributed by atoms with Crippen molar-refractivity contribution in [1.29, 1.82) is 0 Å². The van der Waals surface area contributed by atoms with Gasteiger partial charge in [-0.05, 0) is 31.5 Å². The summed E-state index contributed by atoms with van der Waals surface area (Å²) in [5.41, 5.74) is 3.00. The number of carbonyl (C=O) groups excluding carboxylic acids is 1. The number of hydrogen-bond donors (Lipinski definition) is 1. The third kappa shape index (κ3) is 3.74. The van der Waals surface area contributed by atoms with E-state index in [0.29, 0.717) is 25.3 Å². The number of piperazine rings is 1. The van der Waals surface area contributed by atoms with Gasteiger partial charge in [0.1, 0.15) is 5.82 Å². The molecule has 1 N–H and O–H groups in total. The van der Waals surface area contributed by atoms with Crippen LogP contribution in [0.1, 0.15) is 29.8 Å². The number of rotatable bonds is 4. The predicted molar refractivity (Wildman–Crippen MR) is 93.7 cm³/mol. The van der Waals surface area contributed by atoms with Crippen LogP contribution in [0, 0.1) is 6.92 Å². The van der Waals surface area contributed by atoms with Crippen molar-refractivity contribution in [3.8, 4) is 0 Å². The molecule has 0 radical (unpaired) electrons. The van der Waals surface area contributed by atoms with Gasteiger partial charge in [0.05, 0.1) is 18.3 Å². The highest BCUT2D eigenvalue weighted by atomic mass is 16.3. The summed E-state index contributed by atoms with van der Waals surface area (Å²) < 4.78 is 0. The lowest BCUT2D eigenvalue weighted by atomic mass is 10.1. The Bertz CT molecular complexity index is 713. The first-order chi connectivity index (χ1) is 11.5. The minimum absolute atomic E-state index is 0.103. The van der Waals surface area contributed by atoms with E-state index in [0.717, 1.165) is 17.9 Å². The zero-order chi connectivity index (χ0) is 17.1. The number of aromatic nitrogens is 1. The molecule has 0 saturated carbocycles. The molecule has 24 heavy (non-hydrogen) atoms. The minimum Gasteiger partial charge on any atom is -0.387 e. The van der Waals surface area contributed by atoms with Gasteiger partial charge in [0.15, 0.2) is 0 Å². The number of amides is 1. The van der Waals surface area contributed by atoms with Crippen LogP contribution in [0.3, 0.4) is 0 Å². The zero-order valence-corrected chi connectivity index (χ0v) is 14.1. The molecule has 0 aliphatic carbocycles. The smallest absolute Gasteiger partial charge is 0.242 e. The Morgan fingerprint density at radius 2 is 1.92 bits per heavy atom. The summed E-state index contributed by atoms with van der Waals surface area (Å²) in [6.45, 7) is 6.14. The molecule has 2 heterocycles. The van der Waals surface area contributed by atoms with E-state index in [9.17, 15) is 9.90 Å². The van der Waals surface area contributed by atoms with E-state index in [4.69, 9.17) is 0 Å². The van der Waals surface area contributed by atoms with Crippen molar-refractivity contribution in [2.24, 2.45) is 0 Å². The van der Waals surface area contributed by atoms with Crippen molar-refractivity contribution in [3.05, 3.63) is 59.3 Å². The minimum atomic E-state index is -0.608. The molecule has 1 aromatic heterocycles. The molecule has 1 fully saturated rings. The first kappa shape index (κ1) is 16.5. The molecule has 3 rings (SSSR count). The van der Waals surface area contributed by atoms with Crippen LogP contribution >= 0.6 is 0 Å². The summed E-state index contributed by atoms with van der Waals surface area (Å²) in [6, 6.07) is 13.8. The molecular weight excluding hydrogens is 302 g/mol. The second-order valence-corrected chi connectivity index (χ2v) is 6.32. The molecule has 5 nitrogen and oxygen atoms in total. The standard InChI is InChI=1S/C19H23N3O2/c1-14-6-8-16(9-7-14)12-22-11-10-21(13-19(22)24)18-5-3-4-17(20-18)15(2)23/h3-9,15,23H,10-13H2,1-2H3/t15-/m0/s1. The maximum Gasteiger partial charge on any atom is 0.242 e. The number of aliphatic hydroxyl groups excluding tert-OH is 1. The van der Waals surface area contributed by atoms with Crippen molar-refractivity contribution >= 4 is 11.7 Å². The third-order valence-corrected chi connectivity index (χ3v) is 4.32. The second-order valence-electron chi connectivity index (χ2n) is 6.32. The summed E-state index contributed by atoms with van der Waals surface area (Å²) in [4.78, 5) is 20.8. The van der Waals surface area contributed by atoms with Gasteiger partial charge >= 0.3 is 0 Å². The Morgan fingerprint density at radius 1 is 1.17 bits per heavy atom. The van der Waals surface area contributed by atoms with Gasteiger partial charge in [0.2, 0.25) is 5.91 Å². The molecule has 1 amide bonds. The van der Waals surface area contributed by atoms with E-state index in [1.807, 2.05) is 21.9 Å². The zero-order valence-electron chi connectivity index (χ0n) is 14.1. The Balaban J connectivity index is 1.65. The van der Waals surface area contributed by atoms with Crippen LogP contribution in [0.4, 0.5) is 5.82 Å². The summed E-state index contributed by atoms with van der Waals surface area (Å²) in [5.74, 6) is 0.850. The van der Waals surface area contributed by atoms with E-state index >= 15 is 0 Å². The van der Waals surface area contributed by atoms with Crippen LogP contribution in [0.25, 0.3) is 0 Å². The van der Waals surface area contributed by atoms with Crippen LogP contribution in [-0.2, 0) is 11.3 Å². The first-order valence-electron chi connectivity index (χ1n) is 8.26. The number of nitrogens with zero attached hydrogens (tertiary/aromatic N) is 3. The Morgan fingerprint density at radius 3 is 2.58 bits per heavy atom. The van der Waals surface area contributed by atoms with E-state index in [1.54, 1.807) is 13.0 Å². The topological polar surface area (TPSA) is 56.7 Å². The lowest BCUT2D eigenvalue weighted by Crippen LogP contribution is -2.50. The SMILES string of the molecule is Cc1ccc(CN2CCN(c3cccc([C@H](C)O)n3)CC2=O)cc1. The Hall–Kier alpha value is -2.40. The molecule has 1 saturated heterocycles. The summed E-state index contributed by atoms with van der Waals surface area (Å²) in [7, 11) is 0. The maximum atomic E-state index is 12.5. The molecule has 1 aliphatic heterocycles. The molecule has 2 aromatic rings. The van der Waals surface area contributed by atoms with Crippen molar-refractivity contribution < 1.29 is 9.90 Å². The third-order valence-electron chi connectivity index (χ3n) is 4.32. The summed E-state index contributed by atoms with van der Waals surface area (Å²) >= 11 is 0. The van der Waals surface area contributed by atoms with Crippen molar-refractivity contribution in [3.63, 3.8) is 0 Å². The highest BCUT2D eigenvalue weighted by molar-refractivity contribution is 5.82. The van der Waals surface area contributed by atoms with Gasteiger partial charge in [-0.25, -0.2) is 4.98 Å². The van der Waals surface area contributed by atoms with Crippen LogP contribution in [0.5, 0.6) is 0 Å². The molecule has 126 valence electrons. The molecule has 1 atom stereocenters. The van der Waals surface area contributed by atoms with Gasteiger partial charge in [0, 0.05) is 19.6 Å². The molecule has 1 aromatic carbocycles. The van der Waals surface area contributed by atoms with E-state index in [1.165, 1.54) is 5.56 Å². The van der Waals surface area contributed by atoms with Gasteiger partial charge in [-0.15, -0.1) is 0 Å². The Kier molecular flexibility index (Phi) is 4.81. The predicted octanol–water partition coefficient (Wildman–Crippen LogP) is 2.29. The molecule has 0 spiro atoms. The van der Waals surface area contributed by atoms with E-state index in [2.05, 4.69) is 36.2 Å². The van der Waals surface area contributed by atoms with Crippen LogP contribution in [-0.4, -0.2) is 40.5 Å². The second kappa shape index (κ2) is 7.01. The van der Waals surface area contributed by atoms with Gasteiger partial charge in [-0.1, -0.05) is 35.9 Å². The first-order valence-corrected chi connectivity index (χ1v) is 8.26. The lowest BCUT2D eigenvalue weighted by molar-refractivity contribution is -0.131. The normalized spacial score (nSPS) is 16.4. The Labute approximate surface area is 142 Å². The fraction of sp³-hybridized carbons (Fsp3) is 0.368. The van der Waals surface area contributed by atoms with Crippen molar-refractivity contribution in [1.82, 2.24) is 9.88 Å². The number of benzene rings is 1. The number of pyridine rings is 1. The number of hydrogen-bond acceptors (Lipinski definition) is 4. The highest BCUT2D eigenvalue weighted by Gasteiger charge is 2.25. The average molecular weight is 325 g/mol. The quantitative estimate of drug-likeness (QED) is 0.937. The van der Waals surface area contributed by atoms with Gasteiger partial charge < -0.3 is 14.9 Å².